The van der Waals surface area contributed by atoms with Crippen molar-refractivity contribution in [1.82, 2.24) is 0 Å². The number of amides is 1. The Hall–Kier alpha value is -3.06. The zero-order chi connectivity index (χ0) is 23.4. The summed E-state index contributed by atoms with van der Waals surface area (Å²) in [6, 6.07) is 21.9. The molecule has 0 saturated heterocycles. The molecule has 1 heterocycles. The van der Waals surface area contributed by atoms with E-state index in [1.54, 1.807) is 54.6 Å². The largest absolute Gasteiger partial charge is 0.484 e. The molecular weight excluding hydrogens is 529 g/mol. The number of anilines is 1. The van der Waals surface area contributed by atoms with Crippen molar-refractivity contribution in [2.75, 3.05) is 5.32 Å². The van der Waals surface area contributed by atoms with Gasteiger partial charge in [-0.15, -0.1) is 0 Å². The Kier molecular flexibility index (Phi) is 7.18. The average molecular weight is 545 g/mol. The number of ketones is 1. The minimum Gasteiger partial charge on any atom is -0.484 e. The van der Waals surface area contributed by atoms with Gasteiger partial charge in [0, 0.05) is 20.6 Å². The fourth-order valence-corrected chi connectivity index (χ4v) is 3.96. The van der Waals surface area contributed by atoms with Crippen molar-refractivity contribution in [2.45, 2.75) is 6.61 Å². The maximum atomic E-state index is 12.9. The normalized spacial score (nSPS) is 10.6. The second kappa shape index (κ2) is 10.3. The third kappa shape index (κ3) is 5.66. The molecule has 0 aliphatic heterocycles. The summed E-state index contributed by atoms with van der Waals surface area (Å²) in [4.78, 5) is 25.7. The van der Waals surface area contributed by atoms with E-state index in [-0.39, 0.29) is 23.7 Å². The van der Waals surface area contributed by atoms with Gasteiger partial charge < -0.3 is 14.5 Å². The molecule has 0 radical (unpaired) electrons. The van der Waals surface area contributed by atoms with Crippen LogP contribution >= 0.6 is 39.1 Å². The molecule has 0 saturated carbocycles. The molecule has 0 unspecified atom stereocenters. The number of carbonyl (C=O) groups excluding carboxylic acids is 2. The Morgan fingerprint density at radius 3 is 2.48 bits per heavy atom. The summed E-state index contributed by atoms with van der Waals surface area (Å²) in [5.74, 6) is 0.243. The van der Waals surface area contributed by atoms with E-state index in [0.29, 0.717) is 32.8 Å². The van der Waals surface area contributed by atoms with Crippen molar-refractivity contribution in [3.8, 4) is 5.75 Å². The first-order chi connectivity index (χ1) is 15.9. The fourth-order valence-electron chi connectivity index (χ4n) is 3.06. The van der Waals surface area contributed by atoms with Crippen molar-refractivity contribution >= 4 is 56.5 Å². The van der Waals surface area contributed by atoms with Crippen LogP contribution in [-0.4, -0.2) is 11.7 Å². The molecule has 8 heteroatoms. The van der Waals surface area contributed by atoms with E-state index in [1.165, 1.54) is 12.1 Å². The van der Waals surface area contributed by atoms with Gasteiger partial charge in [-0.3, -0.25) is 9.59 Å². The minimum absolute atomic E-state index is 0.0727. The first kappa shape index (κ1) is 23.1. The van der Waals surface area contributed by atoms with Crippen molar-refractivity contribution in [3.05, 3.63) is 116 Å². The van der Waals surface area contributed by atoms with Gasteiger partial charge in [0.25, 0.3) is 5.91 Å². The molecule has 0 bridgehead atoms. The van der Waals surface area contributed by atoms with Crippen LogP contribution in [0.3, 0.4) is 0 Å². The number of rotatable bonds is 7. The molecule has 3 aromatic carbocycles. The van der Waals surface area contributed by atoms with E-state index in [9.17, 15) is 9.59 Å². The lowest BCUT2D eigenvalue weighted by Gasteiger charge is -2.10. The van der Waals surface area contributed by atoms with E-state index >= 15 is 0 Å². The summed E-state index contributed by atoms with van der Waals surface area (Å²) in [5, 5.41) is 3.56. The molecule has 0 fully saturated rings. The zero-order valence-electron chi connectivity index (χ0n) is 17.0. The van der Waals surface area contributed by atoms with Gasteiger partial charge in [0.15, 0.2) is 11.5 Å². The van der Waals surface area contributed by atoms with Crippen molar-refractivity contribution in [2.24, 2.45) is 0 Å². The van der Waals surface area contributed by atoms with E-state index in [4.69, 9.17) is 32.4 Å². The third-order valence-corrected chi connectivity index (χ3v) is 5.68. The van der Waals surface area contributed by atoms with Gasteiger partial charge in [-0.1, -0.05) is 69.5 Å². The van der Waals surface area contributed by atoms with Gasteiger partial charge in [-0.05, 0) is 48.5 Å². The SMILES string of the molecule is O=C(Nc1ccc(Cl)cc1C(=O)c1ccccc1)c1ccc(COc2ccc(Br)cc2Cl)o1. The summed E-state index contributed by atoms with van der Waals surface area (Å²) in [6.45, 7) is 0.0906. The first-order valence-electron chi connectivity index (χ1n) is 9.78. The number of hydrogen-bond acceptors (Lipinski definition) is 4. The van der Waals surface area contributed by atoms with Gasteiger partial charge in [0.1, 0.15) is 18.1 Å². The molecule has 33 heavy (non-hydrogen) atoms. The lowest BCUT2D eigenvalue weighted by atomic mass is 10.0. The lowest BCUT2D eigenvalue weighted by molar-refractivity contribution is 0.0992. The molecule has 1 aromatic heterocycles. The summed E-state index contributed by atoms with van der Waals surface area (Å²) in [5.41, 5.74) is 1.09. The molecule has 5 nitrogen and oxygen atoms in total. The highest BCUT2D eigenvalue weighted by molar-refractivity contribution is 9.10. The summed E-state index contributed by atoms with van der Waals surface area (Å²) in [7, 11) is 0. The van der Waals surface area contributed by atoms with E-state index in [2.05, 4.69) is 21.2 Å². The third-order valence-electron chi connectivity index (χ3n) is 4.66. The minimum atomic E-state index is -0.507. The highest BCUT2D eigenvalue weighted by Gasteiger charge is 2.18. The van der Waals surface area contributed by atoms with Crippen LogP contribution in [0.5, 0.6) is 5.75 Å². The standard InChI is InChI=1S/C25H16BrCl2NO4/c26-16-6-10-22(20(28)12-16)32-14-18-8-11-23(33-18)25(31)29-21-9-7-17(27)13-19(21)24(30)15-4-2-1-3-5-15/h1-13H,14H2,(H,29,31). The molecule has 1 amide bonds. The molecule has 1 N–H and O–H groups in total. The van der Waals surface area contributed by atoms with E-state index < -0.39 is 5.91 Å². The van der Waals surface area contributed by atoms with Crippen LogP contribution in [0.2, 0.25) is 10.0 Å². The number of carbonyl (C=O) groups is 2. The van der Waals surface area contributed by atoms with Crippen LogP contribution in [-0.2, 0) is 6.61 Å². The Labute approximate surface area is 208 Å². The lowest BCUT2D eigenvalue weighted by Crippen LogP contribution is -2.14. The van der Waals surface area contributed by atoms with Gasteiger partial charge >= 0.3 is 0 Å². The molecule has 0 aliphatic carbocycles. The fraction of sp³-hybridized carbons (Fsp3) is 0.0400. The second-order valence-electron chi connectivity index (χ2n) is 6.97. The quantitative estimate of drug-likeness (QED) is 0.246. The number of nitrogens with one attached hydrogen (secondary N) is 1. The molecule has 0 aliphatic rings. The smallest absolute Gasteiger partial charge is 0.291 e. The number of furan rings is 1. The Balaban J connectivity index is 1.48. The highest BCUT2D eigenvalue weighted by atomic mass is 79.9. The average Bonchev–Trinajstić information content (AvgIpc) is 3.29. The van der Waals surface area contributed by atoms with Crippen LogP contribution < -0.4 is 10.1 Å². The second-order valence-corrected chi connectivity index (χ2v) is 8.73. The number of hydrogen-bond donors (Lipinski definition) is 1. The molecule has 0 atom stereocenters. The van der Waals surface area contributed by atoms with Crippen LogP contribution in [0, 0.1) is 0 Å². The number of benzene rings is 3. The van der Waals surface area contributed by atoms with Crippen molar-refractivity contribution < 1.29 is 18.7 Å². The number of ether oxygens (including phenoxy) is 1. The predicted octanol–water partition coefficient (Wildman–Crippen LogP) is 7.41. The zero-order valence-corrected chi connectivity index (χ0v) is 20.1. The molecule has 0 spiro atoms. The Morgan fingerprint density at radius 1 is 0.939 bits per heavy atom. The molecular formula is C25H16BrCl2NO4. The first-order valence-corrected chi connectivity index (χ1v) is 11.3. The Morgan fingerprint density at radius 2 is 1.73 bits per heavy atom. The van der Waals surface area contributed by atoms with Gasteiger partial charge in [0.05, 0.1) is 10.7 Å². The maximum absolute atomic E-state index is 12.9. The topological polar surface area (TPSA) is 68.5 Å². The molecule has 4 rings (SSSR count). The van der Waals surface area contributed by atoms with E-state index in [1.807, 2.05) is 12.1 Å². The van der Waals surface area contributed by atoms with Crippen molar-refractivity contribution in [1.29, 1.82) is 0 Å². The van der Waals surface area contributed by atoms with Gasteiger partial charge in [0.2, 0.25) is 0 Å². The summed E-state index contributed by atoms with van der Waals surface area (Å²) >= 11 is 15.6. The van der Waals surface area contributed by atoms with Crippen LogP contribution in [0.1, 0.15) is 32.2 Å². The van der Waals surface area contributed by atoms with E-state index in [0.717, 1.165) is 4.47 Å². The molecule has 4 aromatic rings. The predicted molar refractivity (Wildman–Crippen MR) is 131 cm³/mol. The number of halogens is 3. The van der Waals surface area contributed by atoms with Gasteiger partial charge in [-0.25, -0.2) is 0 Å². The van der Waals surface area contributed by atoms with Crippen LogP contribution in [0.25, 0.3) is 0 Å². The highest BCUT2D eigenvalue weighted by Crippen LogP contribution is 2.29. The van der Waals surface area contributed by atoms with Crippen LogP contribution in [0.4, 0.5) is 5.69 Å². The Bertz CT molecular complexity index is 1320. The van der Waals surface area contributed by atoms with Crippen molar-refractivity contribution in [3.63, 3.8) is 0 Å². The van der Waals surface area contributed by atoms with Gasteiger partial charge in [-0.2, -0.15) is 0 Å². The maximum Gasteiger partial charge on any atom is 0.291 e. The molecule has 166 valence electrons. The summed E-state index contributed by atoms with van der Waals surface area (Å²) in [6.07, 6.45) is 0. The van der Waals surface area contributed by atoms with Crippen LogP contribution in [0.15, 0.2) is 87.8 Å². The summed E-state index contributed by atoms with van der Waals surface area (Å²) < 4.78 is 12.1. The monoisotopic (exact) mass is 543 g/mol.